The molecule has 0 spiro atoms. The van der Waals surface area contributed by atoms with Gasteiger partial charge in [-0.3, -0.25) is 0 Å². The largest absolute Gasteiger partial charge is 0.496 e. The minimum atomic E-state index is -4.54. The minimum absolute atomic E-state index is 0.0151. The highest BCUT2D eigenvalue weighted by Crippen LogP contribution is 2.35. The van der Waals surface area contributed by atoms with Gasteiger partial charge in [0.25, 0.3) is 0 Å². The number of amides is 2. The number of hydrogen-bond donors (Lipinski definition) is 1. The zero-order valence-corrected chi connectivity index (χ0v) is 14.9. The van der Waals surface area contributed by atoms with E-state index >= 15 is 0 Å². The normalized spacial score (nSPS) is 13.4. The summed E-state index contributed by atoms with van der Waals surface area (Å²) < 4.78 is 49.9. The molecule has 0 aliphatic carbocycles. The van der Waals surface area contributed by atoms with Gasteiger partial charge in [-0.1, -0.05) is 18.2 Å². The van der Waals surface area contributed by atoms with Gasteiger partial charge in [-0.2, -0.15) is 13.2 Å². The third-order valence-electron chi connectivity index (χ3n) is 4.41. The number of urea groups is 1. The van der Waals surface area contributed by atoms with E-state index < -0.39 is 17.8 Å². The Kier molecular flexibility index (Phi) is 5.27. The molecule has 0 unspecified atom stereocenters. The Labute approximate surface area is 154 Å². The lowest BCUT2D eigenvalue weighted by Gasteiger charge is -2.18. The SMILES string of the molecule is COCc1ccc(NC(=O)N2Cc3cccc(OC)c3C2)cc1C(F)(F)F. The summed E-state index contributed by atoms with van der Waals surface area (Å²) in [4.78, 5) is 14.0. The molecule has 0 aromatic heterocycles. The summed E-state index contributed by atoms with van der Waals surface area (Å²) in [5, 5.41) is 2.54. The maximum atomic E-state index is 13.3. The number of hydrogen-bond acceptors (Lipinski definition) is 3. The van der Waals surface area contributed by atoms with Gasteiger partial charge < -0.3 is 19.7 Å². The molecule has 2 amide bonds. The molecule has 0 saturated heterocycles. The molecule has 144 valence electrons. The maximum absolute atomic E-state index is 13.3. The van der Waals surface area contributed by atoms with Gasteiger partial charge in [0.15, 0.2) is 0 Å². The van der Waals surface area contributed by atoms with E-state index in [1.54, 1.807) is 7.11 Å². The van der Waals surface area contributed by atoms with Gasteiger partial charge in [0.1, 0.15) is 5.75 Å². The second-order valence-corrected chi connectivity index (χ2v) is 6.19. The van der Waals surface area contributed by atoms with Gasteiger partial charge in [0.2, 0.25) is 0 Å². The quantitative estimate of drug-likeness (QED) is 0.855. The molecule has 0 radical (unpaired) electrons. The Balaban J connectivity index is 1.77. The lowest BCUT2D eigenvalue weighted by molar-refractivity contribution is -0.138. The number of anilines is 1. The van der Waals surface area contributed by atoms with Gasteiger partial charge >= 0.3 is 12.2 Å². The van der Waals surface area contributed by atoms with Crippen molar-refractivity contribution in [2.24, 2.45) is 0 Å². The monoisotopic (exact) mass is 380 g/mol. The van der Waals surface area contributed by atoms with Gasteiger partial charge in [-0.25, -0.2) is 4.79 Å². The van der Waals surface area contributed by atoms with E-state index in [1.807, 2.05) is 18.2 Å². The molecule has 2 aromatic rings. The Morgan fingerprint density at radius 1 is 1.19 bits per heavy atom. The topological polar surface area (TPSA) is 50.8 Å². The van der Waals surface area contributed by atoms with Crippen LogP contribution in [-0.4, -0.2) is 25.2 Å². The molecular weight excluding hydrogens is 361 g/mol. The van der Waals surface area contributed by atoms with E-state index in [0.717, 1.165) is 17.2 Å². The summed E-state index contributed by atoms with van der Waals surface area (Å²) in [6.07, 6.45) is -4.54. The molecule has 1 heterocycles. The van der Waals surface area contributed by atoms with Crippen LogP contribution in [0.25, 0.3) is 0 Å². The number of ether oxygens (including phenoxy) is 2. The fourth-order valence-electron chi connectivity index (χ4n) is 3.13. The molecule has 0 atom stereocenters. The van der Waals surface area contributed by atoms with Crippen LogP contribution in [-0.2, 0) is 30.6 Å². The van der Waals surface area contributed by atoms with E-state index in [1.165, 1.54) is 24.1 Å². The van der Waals surface area contributed by atoms with E-state index in [2.05, 4.69) is 5.32 Å². The summed E-state index contributed by atoms with van der Waals surface area (Å²) >= 11 is 0. The van der Waals surface area contributed by atoms with Crippen molar-refractivity contribution in [2.75, 3.05) is 19.5 Å². The van der Waals surface area contributed by atoms with Crippen LogP contribution >= 0.6 is 0 Å². The number of nitrogens with zero attached hydrogens (tertiary/aromatic N) is 1. The summed E-state index contributed by atoms with van der Waals surface area (Å²) in [6.45, 7) is 0.537. The third-order valence-corrected chi connectivity index (χ3v) is 4.41. The van der Waals surface area contributed by atoms with Crippen LogP contribution in [0.3, 0.4) is 0 Å². The average Bonchev–Trinajstić information content (AvgIpc) is 3.06. The highest BCUT2D eigenvalue weighted by molar-refractivity contribution is 5.90. The summed E-state index contributed by atoms with van der Waals surface area (Å²) in [5.41, 5.74) is 1.13. The zero-order chi connectivity index (χ0) is 19.6. The summed E-state index contributed by atoms with van der Waals surface area (Å²) in [5.74, 6) is 0.686. The van der Waals surface area contributed by atoms with Crippen molar-refractivity contribution >= 4 is 11.7 Å². The van der Waals surface area contributed by atoms with Crippen LogP contribution in [0.5, 0.6) is 5.75 Å². The second kappa shape index (κ2) is 7.48. The number of benzene rings is 2. The van der Waals surface area contributed by atoms with Crippen LogP contribution in [0.15, 0.2) is 36.4 Å². The molecule has 0 fully saturated rings. The molecule has 27 heavy (non-hydrogen) atoms. The summed E-state index contributed by atoms with van der Waals surface area (Å²) in [6, 6.07) is 8.74. The van der Waals surface area contributed by atoms with Crippen LogP contribution in [0, 0.1) is 0 Å². The van der Waals surface area contributed by atoms with Gasteiger partial charge in [-0.05, 0) is 29.3 Å². The fourth-order valence-corrected chi connectivity index (χ4v) is 3.13. The number of nitrogens with one attached hydrogen (secondary N) is 1. The average molecular weight is 380 g/mol. The molecule has 1 N–H and O–H groups in total. The number of fused-ring (bicyclic) bond motifs is 1. The molecule has 1 aliphatic rings. The van der Waals surface area contributed by atoms with Crippen LogP contribution < -0.4 is 10.1 Å². The van der Waals surface area contributed by atoms with Gasteiger partial charge in [0, 0.05) is 24.9 Å². The standard InChI is InChI=1S/C19H19F3N2O3/c1-26-11-13-6-7-14(8-16(13)19(20,21)22)23-18(25)24-9-12-4-3-5-17(27-2)15(12)10-24/h3-8H,9-11H2,1-2H3,(H,23,25). The third kappa shape index (κ3) is 4.00. The first-order valence-electron chi connectivity index (χ1n) is 8.23. The van der Waals surface area contributed by atoms with Gasteiger partial charge in [-0.15, -0.1) is 0 Å². The van der Waals surface area contributed by atoms with Crippen molar-refractivity contribution in [1.29, 1.82) is 0 Å². The Hall–Kier alpha value is -2.74. The number of halogens is 3. The van der Waals surface area contributed by atoms with Crippen LogP contribution in [0.1, 0.15) is 22.3 Å². The predicted molar refractivity (Wildman–Crippen MR) is 93.4 cm³/mol. The lowest BCUT2D eigenvalue weighted by atomic mass is 10.1. The van der Waals surface area contributed by atoms with Crippen molar-refractivity contribution in [3.8, 4) is 5.75 Å². The van der Waals surface area contributed by atoms with Crippen molar-refractivity contribution in [1.82, 2.24) is 4.90 Å². The molecular formula is C19H19F3N2O3. The summed E-state index contributed by atoms with van der Waals surface area (Å²) in [7, 11) is 2.88. The molecule has 2 aromatic carbocycles. The lowest BCUT2D eigenvalue weighted by Crippen LogP contribution is -2.30. The number of carbonyl (C=O) groups is 1. The molecule has 1 aliphatic heterocycles. The molecule has 5 nitrogen and oxygen atoms in total. The van der Waals surface area contributed by atoms with Crippen LogP contribution in [0.2, 0.25) is 0 Å². The molecule has 0 bridgehead atoms. The Morgan fingerprint density at radius 3 is 2.63 bits per heavy atom. The van der Waals surface area contributed by atoms with E-state index in [0.29, 0.717) is 18.8 Å². The Morgan fingerprint density at radius 2 is 1.96 bits per heavy atom. The molecule has 8 heteroatoms. The molecule has 0 saturated carbocycles. The first kappa shape index (κ1) is 19.0. The number of methoxy groups -OCH3 is 2. The smallest absolute Gasteiger partial charge is 0.416 e. The van der Waals surface area contributed by atoms with Crippen molar-refractivity contribution in [2.45, 2.75) is 25.9 Å². The van der Waals surface area contributed by atoms with Crippen molar-refractivity contribution in [3.63, 3.8) is 0 Å². The Bertz CT molecular complexity index is 853. The second-order valence-electron chi connectivity index (χ2n) is 6.19. The van der Waals surface area contributed by atoms with Crippen molar-refractivity contribution < 1.29 is 27.4 Å². The zero-order valence-electron chi connectivity index (χ0n) is 14.9. The highest BCUT2D eigenvalue weighted by Gasteiger charge is 2.34. The first-order valence-corrected chi connectivity index (χ1v) is 8.23. The number of alkyl halides is 3. The number of rotatable bonds is 4. The van der Waals surface area contributed by atoms with E-state index in [-0.39, 0.29) is 17.9 Å². The first-order chi connectivity index (χ1) is 12.8. The van der Waals surface area contributed by atoms with E-state index in [9.17, 15) is 18.0 Å². The number of carbonyl (C=O) groups excluding carboxylic acids is 1. The fraction of sp³-hybridized carbons (Fsp3) is 0.316. The van der Waals surface area contributed by atoms with E-state index in [4.69, 9.17) is 9.47 Å². The predicted octanol–water partition coefficient (Wildman–Crippen LogP) is 4.41. The van der Waals surface area contributed by atoms with Crippen molar-refractivity contribution in [3.05, 3.63) is 58.7 Å². The molecule has 3 rings (SSSR count). The highest BCUT2D eigenvalue weighted by atomic mass is 19.4. The van der Waals surface area contributed by atoms with Crippen LogP contribution in [0.4, 0.5) is 23.7 Å². The minimum Gasteiger partial charge on any atom is -0.496 e. The van der Waals surface area contributed by atoms with Gasteiger partial charge in [0.05, 0.1) is 25.8 Å². The maximum Gasteiger partial charge on any atom is 0.416 e.